The van der Waals surface area contributed by atoms with Crippen LogP contribution in [-0.2, 0) is 22.5 Å². The zero-order chi connectivity index (χ0) is 20.1. The number of carbonyl (C=O) groups is 1. The lowest BCUT2D eigenvalue weighted by molar-refractivity contribution is -0.137. The summed E-state index contributed by atoms with van der Waals surface area (Å²) in [7, 11) is 0. The van der Waals surface area contributed by atoms with Crippen molar-refractivity contribution in [2.45, 2.75) is 19.1 Å². The molecule has 5 nitrogen and oxygen atoms in total. The zero-order valence-corrected chi connectivity index (χ0v) is 16.7. The van der Waals surface area contributed by atoms with Crippen molar-refractivity contribution >= 4 is 23.6 Å². The number of amides is 1. The Bertz CT molecular complexity index is 994. The molecule has 0 bridgehead atoms. The van der Waals surface area contributed by atoms with Gasteiger partial charge in [0.15, 0.2) is 0 Å². The highest BCUT2D eigenvalue weighted by Crippen LogP contribution is 2.22. The molecule has 2 heterocycles. The maximum absolute atomic E-state index is 11.8. The van der Waals surface area contributed by atoms with E-state index in [1.54, 1.807) is 6.33 Å². The summed E-state index contributed by atoms with van der Waals surface area (Å²) < 4.78 is 7.50. The molecule has 1 N–H and O–H groups in total. The van der Waals surface area contributed by atoms with Crippen LogP contribution in [0.15, 0.2) is 67.1 Å². The van der Waals surface area contributed by atoms with Crippen LogP contribution in [-0.4, -0.2) is 34.7 Å². The molecule has 2 aromatic carbocycles. The van der Waals surface area contributed by atoms with Gasteiger partial charge in [-0.3, -0.25) is 4.79 Å². The number of hydrogen-bond donors (Lipinski definition) is 1. The third-order valence-corrected chi connectivity index (χ3v) is 5.06. The Labute approximate surface area is 175 Å². The number of rotatable bonds is 6. The molecule has 1 aliphatic heterocycles. The van der Waals surface area contributed by atoms with Gasteiger partial charge in [-0.2, -0.15) is 0 Å². The van der Waals surface area contributed by atoms with Gasteiger partial charge in [-0.25, -0.2) is 4.98 Å². The Morgan fingerprint density at radius 1 is 1.14 bits per heavy atom. The van der Waals surface area contributed by atoms with Crippen molar-refractivity contribution in [3.05, 3.63) is 83.4 Å². The average molecular weight is 408 g/mol. The lowest BCUT2D eigenvalue weighted by atomic mass is 10.0. The van der Waals surface area contributed by atoms with E-state index in [4.69, 9.17) is 16.3 Å². The molecule has 1 atom stereocenters. The second-order valence-electron chi connectivity index (χ2n) is 6.95. The number of halogens is 1. The molecule has 148 valence electrons. The Hall–Kier alpha value is -2.89. The molecule has 0 aliphatic carbocycles. The smallest absolute Gasteiger partial charge is 0.249 e. The van der Waals surface area contributed by atoms with Crippen molar-refractivity contribution in [1.82, 2.24) is 14.9 Å². The van der Waals surface area contributed by atoms with Gasteiger partial charge in [-0.15, -0.1) is 0 Å². The van der Waals surface area contributed by atoms with Gasteiger partial charge >= 0.3 is 0 Å². The van der Waals surface area contributed by atoms with E-state index < -0.39 is 6.10 Å². The maximum Gasteiger partial charge on any atom is 0.249 e. The van der Waals surface area contributed by atoms with Crippen LogP contribution in [0.2, 0.25) is 5.02 Å². The summed E-state index contributed by atoms with van der Waals surface area (Å²) in [5, 5.41) is 3.55. The first-order chi connectivity index (χ1) is 14.2. The van der Waals surface area contributed by atoms with Gasteiger partial charge in [-0.05, 0) is 28.8 Å². The molecule has 0 spiro atoms. The summed E-state index contributed by atoms with van der Waals surface area (Å²) >= 11 is 5.95. The fourth-order valence-corrected chi connectivity index (χ4v) is 3.38. The predicted molar refractivity (Wildman–Crippen MR) is 115 cm³/mol. The SMILES string of the molecule is O=C1NCCOC1Cc1cn(C/C=C/c2ccc(-c3ccc(Cl)cc3)cc2)cn1. The number of benzene rings is 2. The standard InChI is InChI=1S/C23H22ClN3O2/c24-20-9-7-19(8-10-20)18-5-3-17(4-6-18)2-1-12-27-15-21(26-16-27)14-22-23(28)25-11-13-29-22/h1-10,15-16,22H,11-14H2,(H,25,28)/b2-1+. The molecule has 3 aromatic rings. The van der Waals surface area contributed by atoms with E-state index in [-0.39, 0.29) is 5.91 Å². The van der Waals surface area contributed by atoms with Gasteiger partial charge in [0.1, 0.15) is 6.10 Å². The quantitative estimate of drug-likeness (QED) is 0.672. The zero-order valence-electron chi connectivity index (χ0n) is 15.9. The van der Waals surface area contributed by atoms with Crippen molar-refractivity contribution in [2.75, 3.05) is 13.2 Å². The fourth-order valence-electron chi connectivity index (χ4n) is 3.26. The van der Waals surface area contributed by atoms with Gasteiger partial charge in [0, 0.05) is 30.7 Å². The highest BCUT2D eigenvalue weighted by Gasteiger charge is 2.23. The van der Waals surface area contributed by atoms with Crippen molar-refractivity contribution in [1.29, 1.82) is 0 Å². The normalized spacial score (nSPS) is 16.9. The van der Waals surface area contributed by atoms with E-state index >= 15 is 0 Å². The largest absolute Gasteiger partial charge is 0.366 e. The van der Waals surface area contributed by atoms with Crippen LogP contribution in [0.3, 0.4) is 0 Å². The molecule has 1 saturated heterocycles. The fraction of sp³-hybridized carbons (Fsp3) is 0.217. The molecule has 4 rings (SSSR count). The number of nitrogens with zero attached hydrogens (tertiary/aromatic N) is 2. The molecule has 6 heteroatoms. The Kier molecular flexibility index (Phi) is 6.08. The van der Waals surface area contributed by atoms with Crippen LogP contribution in [0.4, 0.5) is 0 Å². The summed E-state index contributed by atoms with van der Waals surface area (Å²) in [6.07, 6.45) is 7.97. The summed E-state index contributed by atoms with van der Waals surface area (Å²) in [6, 6.07) is 16.2. The van der Waals surface area contributed by atoms with Crippen molar-refractivity contribution in [2.24, 2.45) is 0 Å². The Balaban J connectivity index is 1.32. The average Bonchev–Trinajstić information content (AvgIpc) is 3.18. The van der Waals surface area contributed by atoms with E-state index in [2.05, 4.69) is 46.7 Å². The van der Waals surface area contributed by atoms with Crippen LogP contribution < -0.4 is 5.32 Å². The molecule has 1 unspecified atom stereocenters. The molecule has 1 aromatic heterocycles. The van der Waals surface area contributed by atoms with Gasteiger partial charge in [0.2, 0.25) is 5.91 Å². The Morgan fingerprint density at radius 2 is 1.86 bits per heavy atom. The number of allylic oxidation sites excluding steroid dienone is 1. The van der Waals surface area contributed by atoms with Gasteiger partial charge in [0.25, 0.3) is 0 Å². The molecular weight excluding hydrogens is 386 g/mol. The maximum atomic E-state index is 11.8. The first-order valence-corrected chi connectivity index (χ1v) is 9.98. The van der Waals surface area contributed by atoms with E-state index in [0.29, 0.717) is 26.1 Å². The van der Waals surface area contributed by atoms with Gasteiger partial charge in [0.05, 0.1) is 18.6 Å². The summed E-state index contributed by atoms with van der Waals surface area (Å²) in [4.78, 5) is 16.2. The van der Waals surface area contributed by atoms with Crippen LogP contribution in [0.1, 0.15) is 11.3 Å². The van der Waals surface area contributed by atoms with Crippen molar-refractivity contribution < 1.29 is 9.53 Å². The number of carbonyl (C=O) groups excluding carboxylic acids is 1. The molecule has 0 radical (unpaired) electrons. The van der Waals surface area contributed by atoms with E-state index in [1.807, 2.05) is 35.0 Å². The summed E-state index contributed by atoms with van der Waals surface area (Å²) in [6.45, 7) is 1.84. The second kappa shape index (κ2) is 9.07. The first kappa shape index (κ1) is 19.4. The highest BCUT2D eigenvalue weighted by atomic mass is 35.5. The Morgan fingerprint density at radius 3 is 2.59 bits per heavy atom. The minimum absolute atomic E-state index is 0.0623. The number of morpholine rings is 1. The van der Waals surface area contributed by atoms with Crippen LogP contribution in [0.5, 0.6) is 0 Å². The third-order valence-electron chi connectivity index (χ3n) is 4.81. The van der Waals surface area contributed by atoms with Crippen LogP contribution >= 0.6 is 11.6 Å². The minimum atomic E-state index is -0.443. The lowest BCUT2D eigenvalue weighted by Gasteiger charge is -2.21. The summed E-state index contributed by atoms with van der Waals surface area (Å²) in [5.74, 6) is -0.0623. The molecular formula is C23H22ClN3O2. The number of imidazole rings is 1. The number of ether oxygens (including phenoxy) is 1. The molecule has 29 heavy (non-hydrogen) atoms. The lowest BCUT2D eigenvalue weighted by Crippen LogP contribution is -2.45. The number of aromatic nitrogens is 2. The minimum Gasteiger partial charge on any atom is -0.366 e. The predicted octanol–water partition coefficient (Wildman–Crippen LogP) is 3.97. The monoisotopic (exact) mass is 407 g/mol. The topological polar surface area (TPSA) is 56.1 Å². The third kappa shape index (κ3) is 5.13. The van der Waals surface area contributed by atoms with Crippen molar-refractivity contribution in [3.8, 4) is 11.1 Å². The molecule has 1 fully saturated rings. The second-order valence-corrected chi connectivity index (χ2v) is 7.38. The van der Waals surface area contributed by atoms with E-state index in [0.717, 1.165) is 27.4 Å². The summed E-state index contributed by atoms with van der Waals surface area (Å²) in [5.41, 5.74) is 4.29. The van der Waals surface area contributed by atoms with Crippen LogP contribution in [0, 0.1) is 0 Å². The van der Waals surface area contributed by atoms with Crippen molar-refractivity contribution in [3.63, 3.8) is 0 Å². The van der Waals surface area contributed by atoms with Gasteiger partial charge < -0.3 is 14.6 Å². The van der Waals surface area contributed by atoms with Crippen LogP contribution in [0.25, 0.3) is 17.2 Å². The molecule has 0 saturated carbocycles. The number of nitrogens with one attached hydrogen (secondary N) is 1. The van der Waals surface area contributed by atoms with E-state index in [9.17, 15) is 4.79 Å². The van der Waals surface area contributed by atoms with E-state index in [1.165, 1.54) is 0 Å². The molecule has 1 amide bonds. The first-order valence-electron chi connectivity index (χ1n) is 9.60. The highest BCUT2D eigenvalue weighted by molar-refractivity contribution is 6.30. The molecule has 1 aliphatic rings. The van der Waals surface area contributed by atoms with Gasteiger partial charge in [-0.1, -0.05) is 60.2 Å². The number of hydrogen-bond acceptors (Lipinski definition) is 3.